The number of aromatic nitrogens is 1. The molecule has 2 N–H and O–H groups in total. The molecule has 3 aromatic carbocycles. The Bertz CT molecular complexity index is 1260. The monoisotopic (exact) mass is 563 g/mol. The average Bonchev–Trinajstić information content (AvgIpc) is 3.13. The molecule has 4 rings (SSSR count). The minimum absolute atomic E-state index is 0.195. The van der Waals surface area contributed by atoms with Crippen LogP contribution < -0.4 is 10.6 Å². The normalized spacial score (nSPS) is 10.8. The second-order valence-electron chi connectivity index (χ2n) is 6.57. The standard InChI is InChI=1S/C22H15ClIN3OS2/c1-12-6-8-14(16(23)10-12)20(28)27-22(29)26-17-9-7-13(24)11-15(17)21-25-18-4-2-3-5-19(18)30-21/h2-11H,1H3,(H2,26,27,28,29). The van der Waals surface area contributed by atoms with Crippen molar-refractivity contribution in [3.63, 3.8) is 0 Å². The third-order valence-electron chi connectivity index (χ3n) is 4.35. The Morgan fingerprint density at radius 2 is 1.93 bits per heavy atom. The molecule has 1 heterocycles. The minimum Gasteiger partial charge on any atom is -0.332 e. The van der Waals surface area contributed by atoms with Crippen LogP contribution in [0.25, 0.3) is 20.8 Å². The van der Waals surface area contributed by atoms with E-state index in [4.69, 9.17) is 28.8 Å². The van der Waals surface area contributed by atoms with Crippen LogP contribution in [0.15, 0.2) is 60.7 Å². The van der Waals surface area contributed by atoms with Crippen LogP contribution in [0.3, 0.4) is 0 Å². The van der Waals surface area contributed by atoms with Crippen LogP contribution in [0.4, 0.5) is 5.69 Å². The topological polar surface area (TPSA) is 54.0 Å². The molecule has 0 aliphatic carbocycles. The van der Waals surface area contributed by atoms with Crippen molar-refractivity contribution >= 4 is 84.7 Å². The summed E-state index contributed by atoms with van der Waals surface area (Å²) in [5, 5.41) is 7.30. The molecule has 150 valence electrons. The minimum atomic E-state index is -0.357. The van der Waals surface area contributed by atoms with Crippen LogP contribution in [-0.2, 0) is 0 Å². The summed E-state index contributed by atoms with van der Waals surface area (Å²) in [6, 6.07) is 19.2. The Kier molecular flexibility index (Phi) is 6.33. The first-order chi connectivity index (χ1) is 14.4. The van der Waals surface area contributed by atoms with Crippen LogP contribution in [0.1, 0.15) is 15.9 Å². The van der Waals surface area contributed by atoms with Gasteiger partial charge in [0.1, 0.15) is 5.01 Å². The lowest BCUT2D eigenvalue weighted by Gasteiger charge is -2.13. The van der Waals surface area contributed by atoms with Gasteiger partial charge in [0.05, 0.1) is 26.5 Å². The van der Waals surface area contributed by atoms with Gasteiger partial charge in [0.15, 0.2) is 5.11 Å². The molecule has 8 heteroatoms. The molecule has 0 aliphatic heterocycles. The first-order valence-corrected chi connectivity index (χ1v) is 11.6. The van der Waals surface area contributed by atoms with E-state index in [1.165, 1.54) is 0 Å². The van der Waals surface area contributed by atoms with Crippen molar-refractivity contribution in [3.05, 3.63) is 80.4 Å². The lowest BCUT2D eigenvalue weighted by Crippen LogP contribution is -2.34. The van der Waals surface area contributed by atoms with Gasteiger partial charge in [0, 0.05) is 9.13 Å². The fourth-order valence-corrected chi connectivity index (χ4v) is 4.93. The highest BCUT2D eigenvalue weighted by Gasteiger charge is 2.15. The number of hydrogen-bond acceptors (Lipinski definition) is 4. The molecule has 4 nitrogen and oxygen atoms in total. The van der Waals surface area contributed by atoms with E-state index in [1.807, 2.05) is 55.5 Å². The molecule has 0 saturated carbocycles. The van der Waals surface area contributed by atoms with Crippen molar-refractivity contribution < 1.29 is 4.79 Å². The van der Waals surface area contributed by atoms with Gasteiger partial charge in [0.25, 0.3) is 5.91 Å². The highest BCUT2D eigenvalue weighted by molar-refractivity contribution is 14.1. The van der Waals surface area contributed by atoms with E-state index in [9.17, 15) is 4.79 Å². The number of benzene rings is 3. The SMILES string of the molecule is Cc1ccc(C(=O)NC(=S)Nc2ccc(I)cc2-c2nc3ccccc3s2)c(Cl)c1. The van der Waals surface area contributed by atoms with Gasteiger partial charge in [-0.05, 0) is 89.8 Å². The molecular weight excluding hydrogens is 549 g/mol. The number of fused-ring (bicyclic) bond motifs is 1. The van der Waals surface area contributed by atoms with Gasteiger partial charge in [-0.3, -0.25) is 10.1 Å². The number of thiocarbonyl (C=S) groups is 1. The highest BCUT2D eigenvalue weighted by Crippen LogP contribution is 2.35. The van der Waals surface area contributed by atoms with Crippen molar-refractivity contribution in [1.29, 1.82) is 0 Å². The second kappa shape index (κ2) is 8.97. The molecule has 4 aromatic rings. The quantitative estimate of drug-likeness (QED) is 0.216. The van der Waals surface area contributed by atoms with Gasteiger partial charge in [-0.15, -0.1) is 11.3 Å². The van der Waals surface area contributed by atoms with Crippen molar-refractivity contribution in [2.45, 2.75) is 6.92 Å². The fraction of sp³-hybridized carbons (Fsp3) is 0.0455. The molecule has 1 amide bonds. The zero-order chi connectivity index (χ0) is 21.3. The van der Waals surface area contributed by atoms with Gasteiger partial charge < -0.3 is 5.32 Å². The van der Waals surface area contributed by atoms with E-state index in [1.54, 1.807) is 23.5 Å². The van der Waals surface area contributed by atoms with E-state index in [0.29, 0.717) is 10.6 Å². The number of nitrogens with zero attached hydrogens (tertiary/aromatic N) is 1. The van der Waals surface area contributed by atoms with Crippen LogP contribution in [-0.4, -0.2) is 16.0 Å². The predicted molar refractivity (Wildman–Crippen MR) is 138 cm³/mol. The summed E-state index contributed by atoms with van der Waals surface area (Å²) < 4.78 is 2.19. The number of thiazole rings is 1. The largest absolute Gasteiger partial charge is 0.332 e. The first-order valence-electron chi connectivity index (χ1n) is 8.95. The maximum atomic E-state index is 12.6. The van der Waals surface area contributed by atoms with E-state index >= 15 is 0 Å². The van der Waals surface area contributed by atoms with Gasteiger partial charge in [-0.25, -0.2) is 4.98 Å². The fourth-order valence-electron chi connectivity index (χ4n) is 2.92. The van der Waals surface area contributed by atoms with E-state index in [2.05, 4.69) is 33.2 Å². The molecular formula is C22H15ClIN3OS2. The number of nitrogens with one attached hydrogen (secondary N) is 2. The van der Waals surface area contributed by atoms with Crippen molar-refractivity contribution in [1.82, 2.24) is 10.3 Å². The molecule has 0 spiro atoms. The van der Waals surface area contributed by atoms with Gasteiger partial charge in [-0.2, -0.15) is 0 Å². The summed E-state index contributed by atoms with van der Waals surface area (Å²) in [7, 11) is 0. The van der Waals surface area contributed by atoms with Crippen LogP contribution >= 0.6 is 57.7 Å². The molecule has 0 fully saturated rings. The number of para-hydroxylation sites is 1. The summed E-state index contributed by atoms with van der Waals surface area (Å²) in [5.41, 5.74) is 4.01. The zero-order valence-electron chi connectivity index (χ0n) is 15.7. The Morgan fingerprint density at radius 3 is 2.70 bits per heavy atom. The van der Waals surface area contributed by atoms with E-state index < -0.39 is 0 Å². The first kappa shape index (κ1) is 21.2. The van der Waals surface area contributed by atoms with Gasteiger partial charge in [0.2, 0.25) is 0 Å². The summed E-state index contributed by atoms with van der Waals surface area (Å²) in [4.78, 5) is 17.3. The summed E-state index contributed by atoms with van der Waals surface area (Å²) in [5.74, 6) is -0.357. The molecule has 0 atom stereocenters. The van der Waals surface area contributed by atoms with Gasteiger partial charge >= 0.3 is 0 Å². The number of aryl methyl sites for hydroxylation is 1. The smallest absolute Gasteiger partial charge is 0.258 e. The van der Waals surface area contributed by atoms with Crippen molar-refractivity contribution in [2.24, 2.45) is 0 Å². The number of anilines is 1. The van der Waals surface area contributed by atoms with E-state index in [-0.39, 0.29) is 11.0 Å². The number of carbonyl (C=O) groups is 1. The lowest BCUT2D eigenvalue weighted by atomic mass is 10.1. The van der Waals surface area contributed by atoms with Gasteiger partial charge in [-0.1, -0.05) is 29.8 Å². The number of halogens is 2. The molecule has 0 saturated heterocycles. The highest BCUT2D eigenvalue weighted by atomic mass is 127. The number of carbonyl (C=O) groups excluding carboxylic acids is 1. The maximum Gasteiger partial charge on any atom is 0.258 e. The molecule has 0 radical (unpaired) electrons. The Morgan fingerprint density at radius 1 is 1.13 bits per heavy atom. The number of rotatable bonds is 3. The van der Waals surface area contributed by atoms with Crippen LogP contribution in [0.2, 0.25) is 5.02 Å². The van der Waals surface area contributed by atoms with Crippen LogP contribution in [0.5, 0.6) is 0 Å². The summed E-state index contributed by atoms with van der Waals surface area (Å²) in [6.45, 7) is 1.92. The lowest BCUT2D eigenvalue weighted by molar-refractivity contribution is 0.0978. The molecule has 0 aliphatic rings. The van der Waals surface area contributed by atoms with Crippen molar-refractivity contribution in [2.75, 3.05) is 5.32 Å². The third kappa shape index (κ3) is 4.64. The molecule has 0 unspecified atom stereocenters. The summed E-state index contributed by atoms with van der Waals surface area (Å²) in [6.07, 6.45) is 0. The Labute approximate surface area is 201 Å². The second-order valence-corrected chi connectivity index (χ2v) is 9.66. The average molecular weight is 564 g/mol. The number of amides is 1. The van der Waals surface area contributed by atoms with Crippen LogP contribution in [0, 0.1) is 10.5 Å². The van der Waals surface area contributed by atoms with Crippen molar-refractivity contribution in [3.8, 4) is 10.6 Å². The predicted octanol–water partition coefficient (Wildman–Crippen LogP) is 6.66. The molecule has 1 aromatic heterocycles. The summed E-state index contributed by atoms with van der Waals surface area (Å²) >= 11 is 15.5. The Hall–Kier alpha value is -2.07. The van der Waals surface area contributed by atoms with E-state index in [0.717, 1.165) is 35.6 Å². The zero-order valence-corrected chi connectivity index (χ0v) is 20.2. The maximum absolute atomic E-state index is 12.6. The number of hydrogen-bond donors (Lipinski definition) is 2. The third-order valence-corrected chi connectivity index (χ3v) is 6.61. The molecule has 0 bridgehead atoms. The molecule has 30 heavy (non-hydrogen) atoms. The Balaban J connectivity index is 1.58.